The Labute approximate surface area is 386 Å². The van der Waals surface area contributed by atoms with Gasteiger partial charge in [0.1, 0.15) is 25.3 Å². The Bertz CT molecular complexity index is 1570. The minimum atomic E-state index is -0.905. The van der Waals surface area contributed by atoms with Gasteiger partial charge in [-0.3, -0.25) is 0 Å². The highest BCUT2D eigenvalue weighted by molar-refractivity contribution is 5.83. The van der Waals surface area contributed by atoms with Crippen LogP contribution >= 0.6 is 0 Å². The highest BCUT2D eigenvalue weighted by Crippen LogP contribution is 2.24. The average Bonchev–Trinajstić information content (AvgIpc) is 3.33. The van der Waals surface area contributed by atoms with E-state index in [1.165, 1.54) is 97.3 Å². The average molecular weight is 893 g/mol. The van der Waals surface area contributed by atoms with Crippen LogP contribution in [0.3, 0.4) is 0 Å². The summed E-state index contributed by atoms with van der Waals surface area (Å²) in [6, 6.07) is 16.8. The van der Waals surface area contributed by atoms with Crippen LogP contribution in [0.15, 0.2) is 98.1 Å². The van der Waals surface area contributed by atoms with Crippen molar-refractivity contribution >= 4 is 24.1 Å². The van der Waals surface area contributed by atoms with Crippen LogP contribution in [0.5, 0.6) is 0 Å². The normalized spacial score (nSPS) is 13.4. The molecular weight excluding hydrogens is 809 g/mol. The van der Waals surface area contributed by atoms with Gasteiger partial charge in [0.15, 0.2) is 0 Å². The molecule has 0 spiro atoms. The van der Waals surface area contributed by atoms with Crippen molar-refractivity contribution in [3.8, 4) is 0 Å². The lowest BCUT2D eigenvalue weighted by Gasteiger charge is -2.31. The van der Waals surface area contributed by atoms with E-state index in [0.29, 0.717) is 0 Å². The summed E-state index contributed by atoms with van der Waals surface area (Å²) in [6.07, 6.45) is 25.2. The smallest absolute Gasteiger partial charge is 0.408 e. The van der Waals surface area contributed by atoms with Crippen molar-refractivity contribution in [1.82, 2.24) is 21.3 Å². The second-order valence-electron chi connectivity index (χ2n) is 15.9. The van der Waals surface area contributed by atoms with E-state index in [2.05, 4.69) is 80.0 Å². The van der Waals surface area contributed by atoms with Crippen LogP contribution in [0.4, 0.5) is 9.59 Å². The Balaban J connectivity index is 0.00000102. The Morgan fingerprint density at radius 1 is 0.562 bits per heavy atom. The molecule has 4 N–H and O–H groups in total. The number of methoxy groups -OCH3 is 2. The number of hydrogen-bond donors (Lipinski definition) is 4. The number of amides is 2. The number of esters is 2. The molecule has 4 atom stereocenters. The molecule has 0 aliphatic heterocycles. The van der Waals surface area contributed by atoms with E-state index in [0.717, 1.165) is 36.8 Å². The molecule has 0 fully saturated rings. The molecular formula is C52H84N4O8. The van der Waals surface area contributed by atoms with Crippen LogP contribution in [0.25, 0.3) is 0 Å². The molecule has 360 valence electrons. The number of unbranched alkanes of at least 4 members (excludes halogenated alkanes) is 8. The minimum Gasteiger partial charge on any atom is -0.467 e. The van der Waals surface area contributed by atoms with Crippen LogP contribution in [0.2, 0.25) is 0 Å². The molecule has 0 radical (unpaired) electrons. The topological polar surface area (TPSA) is 153 Å². The number of carbonyl (C=O) groups excluding carboxylic acids is 4. The highest BCUT2D eigenvalue weighted by Gasteiger charge is 2.27. The van der Waals surface area contributed by atoms with Crippen molar-refractivity contribution in [2.45, 2.75) is 167 Å². The molecule has 2 aromatic rings. The third kappa shape index (κ3) is 26.6. The molecule has 2 unspecified atom stereocenters. The summed E-state index contributed by atoms with van der Waals surface area (Å²) in [5.41, 5.74) is 1.72. The minimum absolute atomic E-state index is 0.137. The van der Waals surface area contributed by atoms with Crippen molar-refractivity contribution in [1.29, 1.82) is 0 Å². The maximum atomic E-state index is 12.3. The molecule has 0 aliphatic rings. The molecule has 64 heavy (non-hydrogen) atoms. The Morgan fingerprint density at radius 2 is 0.969 bits per heavy atom. The molecule has 0 saturated heterocycles. The number of benzene rings is 2. The lowest BCUT2D eigenvalue weighted by atomic mass is 9.86. The predicted octanol–water partition coefficient (Wildman–Crippen LogP) is 11.1. The van der Waals surface area contributed by atoms with E-state index < -0.39 is 36.2 Å². The molecule has 12 heteroatoms. The maximum Gasteiger partial charge on any atom is 0.408 e. The number of alkyl carbamates (subject to hydrolysis) is 2. The SMILES string of the molecule is C=CC(CCC)(CCCCCCC)NC.C=C[C@H](NC(=O)OCc1ccccc1)C(=O)OC.CCCCCCCC(/C=C/[C@H](NC(=O)OCc1ccccc1)C(=O)OC)(CCC)NC. The summed E-state index contributed by atoms with van der Waals surface area (Å²) in [5, 5.41) is 11.8. The van der Waals surface area contributed by atoms with Crippen LogP contribution in [0.1, 0.15) is 142 Å². The van der Waals surface area contributed by atoms with E-state index >= 15 is 0 Å². The molecule has 0 saturated carbocycles. The van der Waals surface area contributed by atoms with Gasteiger partial charge in [-0.05, 0) is 50.9 Å². The molecule has 0 aromatic heterocycles. The number of rotatable bonds is 30. The Kier molecular flexibility index (Phi) is 34.5. The van der Waals surface area contributed by atoms with Crippen molar-refractivity contribution in [2.75, 3.05) is 28.3 Å². The quantitative estimate of drug-likeness (QED) is 0.0258. The monoisotopic (exact) mass is 893 g/mol. The fourth-order valence-electron chi connectivity index (χ4n) is 7.00. The van der Waals surface area contributed by atoms with E-state index in [1.807, 2.05) is 73.8 Å². The highest BCUT2D eigenvalue weighted by atomic mass is 16.6. The van der Waals surface area contributed by atoms with Crippen LogP contribution in [-0.4, -0.2) is 75.6 Å². The van der Waals surface area contributed by atoms with Gasteiger partial charge in [0.25, 0.3) is 0 Å². The number of hydrogen-bond acceptors (Lipinski definition) is 10. The molecule has 0 aliphatic carbocycles. The zero-order chi connectivity index (χ0) is 47.9. The van der Waals surface area contributed by atoms with E-state index in [9.17, 15) is 19.2 Å². The summed E-state index contributed by atoms with van der Waals surface area (Å²) < 4.78 is 19.6. The van der Waals surface area contributed by atoms with Crippen molar-refractivity contribution in [2.24, 2.45) is 0 Å². The van der Waals surface area contributed by atoms with Gasteiger partial charge in [-0.1, -0.05) is 190 Å². The van der Waals surface area contributed by atoms with Gasteiger partial charge in [0, 0.05) is 11.1 Å². The Hall–Kier alpha value is -4.94. The molecule has 2 amide bonds. The number of ether oxygens (including phenoxy) is 4. The van der Waals surface area contributed by atoms with E-state index in [1.54, 1.807) is 6.08 Å². The first-order chi connectivity index (χ1) is 30.9. The van der Waals surface area contributed by atoms with Gasteiger partial charge in [-0.2, -0.15) is 0 Å². The summed E-state index contributed by atoms with van der Waals surface area (Å²) in [5.74, 6) is -1.13. The van der Waals surface area contributed by atoms with Crippen LogP contribution in [0, 0.1) is 0 Å². The molecule has 0 heterocycles. The van der Waals surface area contributed by atoms with Crippen molar-refractivity contribution < 1.29 is 38.1 Å². The van der Waals surface area contributed by atoms with Crippen LogP contribution < -0.4 is 21.3 Å². The van der Waals surface area contributed by atoms with Gasteiger partial charge in [-0.25, -0.2) is 19.2 Å². The zero-order valence-corrected chi connectivity index (χ0v) is 40.6. The van der Waals surface area contributed by atoms with Crippen molar-refractivity contribution in [3.05, 3.63) is 109 Å². The first kappa shape index (κ1) is 59.1. The third-order valence-corrected chi connectivity index (χ3v) is 11.0. The van der Waals surface area contributed by atoms with Crippen molar-refractivity contribution in [3.63, 3.8) is 0 Å². The number of likely N-dealkylation sites (N-methyl/N-ethyl adjacent to an activating group) is 2. The van der Waals surface area contributed by atoms with Gasteiger partial charge >= 0.3 is 24.1 Å². The van der Waals surface area contributed by atoms with Gasteiger partial charge in [-0.15, -0.1) is 13.2 Å². The van der Waals surface area contributed by atoms with E-state index in [4.69, 9.17) is 14.2 Å². The second kappa shape index (κ2) is 37.4. The second-order valence-corrected chi connectivity index (χ2v) is 15.9. The summed E-state index contributed by atoms with van der Waals surface area (Å²) in [4.78, 5) is 47.1. The van der Waals surface area contributed by atoms with Gasteiger partial charge in [0.05, 0.1) is 14.2 Å². The largest absolute Gasteiger partial charge is 0.467 e. The molecule has 12 nitrogen and oxygen atoms in total. The lowest BCUT2D eigenvalue weighted by molar-refractivity contribution is -0.142. The summed E-state index contributed by atoms with van der Waals surface area (Å²) in [7, 11) is 6.55. The molecule has 2 rings (SSSR count). The van der Waals surface area contributed by atoms with Gasteiger partial charge < -0.3 is 40.2 Å². The number of nitrogens with one attached hydrogen (secondary N) is 4. The van der Waals surface area contributed by atoms with Gasteiger partial charge in [0.2, 0.25) is 0 Å². The zero-order valence-electron chi connectivity index (χ0n) is 40.6. The first-order valence-electron chi connectivity index (χ1n) is 23.3. The fraction of sp³-hybridized carbons (Fsp3) is 0.577. The van der Waals surface area contributed by atoms with E-state index in [-0.39, 0.29) is 24.3 Å². The van der Waals surface area contributed by atoms with Crippen LogP contribution in [-0.2, 0) is 41.8 Å². The summed E-state index contributed by atoms with van der Waals surface area (Å²) >= 11 is 0. The lowest BCUT2D eigenvalue weighted by Crippen LogP contribution is -2.44. The fourth-order valence-corrected chi connectivity index (χ4v) is 7.00. The Morgan fingerprint density at radius 3 is 1.36 bits per heavy atom. The molecule has 0 bridgehead atoms. The standard InChI is InChI=1S/C25H40N2O4.C14H29N.C13H15NO4/c1-5-7-8-9-13-18-25(26-3,17-6-2)19-16-22(23(28)30-4)27-24(29)31-20-21-14-11-10-12-15-21;1-5-8-9-10-11-13-14(7-3,15-4)12-6-2;1-3-11(12(15)17-2)14-13(16)18-9-10-7-5-4-6-8-10/h10-12,14-16,19,22,26H,5-9,13,17-18,20H2,1-4H3,(H,27,29);7,15H,3,5-6,8-13H2,1-2,4H3;3-8,11H,1,9H2,2H3,(H,14,16)/b19-16+;;/t22-,25?;;11-/m0.0/s1. The third-order valence-electron chi connectivity index (χ3n) is 11.0. The predicted molar refractivity (Wildman–Crippen MR) is 261 cm³/mol. The molecule has 2 aromatic carbocycles. The maximum absolute atomic E-state index is 12.3. The number of carbonyl (C=O) groups is 4. The summed E-state index contributed by atoms with van der Waals surface area (Å²) in [6.45, 7) is 16.5. The first-order valence-corrected chi connectivity index (χ1v) is 23.3.